The van der Waals surface area contributed by atoms with Crippen LogP contribution in [0.15, 0.2) is 42.6 Å². The van der Waals surface area contributed by atoms with Gasteiger partial charge in [-0.05, 0) is 34.7 Å². The van der Waals surface area contributed by atoms with Gasteiger partial charge in [-0.2, -0.15) is 4.98 Å². The van der Waals surface area contributed by atoms with E-state index >= 15 is 0 Å². The van der Waals surface area contributed by atoms with Gasteiger partial charge in [0.15, 0.2) is 29.0 Å². The molecule has 0 aliphatic rings. The smallest absolute Gasteiger partial charge is 0.263 e. The lowest BCUT2D eigenvalue weighted by Gasteiger charge is -2.15. The molecule has 1 aromatic carbocycles. The summed E-state index contributed by atoms with van der Waals surface area (Å²) in [4.78, 5) is 13.0. The molecule has 4 aromatic rings. The maximum Gasteiger partial charge on any atom is 0.263 e. The number of aliphatic hydroxyl groups excluding tert-OH is 1. The van der Waals surface area contributed by atoms with E-state index in [-0.39, 0.29) is 36.5 Å². The maximum atomic E-state index is 9.20. The molecule has 31 heavy (non-hydrogen) atoms. The van der Waals surface area contributed by atoms with Gasteiger partial charge in [0.1, 0.15) is 12.3 Å². The van der Waals surface area contributed by atoms with Crippen LogP contribution in [-0.4, -0.2) is 61.0 Å². The van der Waals surface area contributed by atoms with E-state index < -0.39 is 0 Å². The van der Waals surface area contributed by atoms with Gasteiger partial charge in [-0.1, -0.05) is 12.1 Å². The number of benzene rings is 1. The Kier molecular flexibility index (Phi) is 5.80. The van der Waals surface area contributed by atoms with E-state index in [9.17, 15) is 5.11 Å². The molecule has 158 valence electrons. The van der Waals surface area contributed by atoms with Gasteiger partial charge >= 0.3 is 0 Å². The highest BCUT2D eigenvalue weighted by Crippen LogP contribution is 2.39. The standard InChI is InChI=1S/C19H18N8O4/c1-29-13-4-2-3-5-14(13)31-15-16(20)22-17(23-19(15)30-9-8-28)11-6-7-21-12(10-11)18-24-26-27-25-18/h2-7,10,28H,8-9H2,1H3,(H2,20,22,23)(H,24,25,26,27). The zero-order valence-electron chi connectivity index (χ0n) is 16.4. The molecule has 0 unspecified atom stereocenters. The minimum Gasteiger partial charge on any atom is -0.493 e. The number of nitrogens with one attached hydrogen (secondary N) is 1. The van der Waals surface area contributed by atoms with Gasteiger partial charge < -0.3 is 25.1 Å². The molecular weight excluding hydrogens is 404 g/mol. The summed E-state index contributed by atoms with van der Waals surface area (Å²) in [5, 5.41) is 22.8. The molecule has 0 aliphatic heterocycles. The molecule has 12 heteroatoms. The number of aromatic amines is 1. The largest absolute Gasteiger partial charge is 0.493 e. The number of anilines is 1. The number of H-pyrrole nitrogens is 1. The highest BCUT2D eigenvalue weighted by molar-refractivity contribution is 5.66. The van der Waals surface area contributed by atoms with Crippen LogP contribution in [0.1, 0.15) is 0 Å². The summed E-state index contributed by atoms with van der Waals surface area (Å²) in [7, 11) is 1.53. The fraction of sp³-hybridized carbons (Fsp3) is 0.158. The molecule has 4 N–H and O–H groups in total. The first-order chi connectivity index (χ1) is 15.2. The molecule has 0 radical (unpaired) electrons. The average Bonchev–Trinajstić information content (AvgIpc) is 3.35. The molecular formula is C19H18N8O4. The Morgan fingerprint density at radius 2 is 1.97 bits per heavy atom. The number of nitrogens with zero attached hydrogens (tertiary/aromatic N) is 6. The van der Waals surface area contributed by atoms with Crippen molar-refractivity contribution in [3.8, 4) is 46.0 Å². The van der Waals surface area contributed by atoms with Gasteiger partial charge in [0.05, 0.1) is 13.7 Å². The van der Waals surface area contributed by atoms with Crippen LogP contribution in [0, 0.1) is 0 Å². The molecule has 3 aromatic heterocycles. The van der Waals surface area contributed by atoms with Crippen LogP contribution in [0.25, 0.3) is 22.9 Å². The Morgan fingerprint density at radius 1 is 1.13 bits per heavy atom. The minimum atomic E-state index is -0.217. The molecule has 0 bridgehead atoms. The van der Waals surface area contributed by atoms with Gasteiger partial charge in [-0.15, -0.1) is 5.10 Å². The van der Waals surface area contributed by atoms with Crippen LogP contribution < -0.4 is 19.9 Å². The maximum absolute atomic E-state index is 9.20. The lowest BCUT2D eigenvalue weighted by molar-refractivity contribution is 0.192. The van der Waals surface area contributed by atoms with Gasteiger partial charge in [0.25, 0.3) is 5.88 Å². The van der Waals surface area contributed by atoms with Crippen molar-refractivity contribution in [1.29, 1.82) is 0 Å². The normalized spacial score (nSPS) is 10.6. The Labute approximate surface area is 176 Å². The molecule has 0 aliphatic carbocycles. The fourth-order valence-corrected chi connectivity index (χ4v) is 2.69. The van der Waals surface area contributed by atoms with Crippen molar-refractivity contribution in [3.63, 3.8) is 0 Å². The Balaban J connectivity index is 1.74. The lowest BCUT2D eigenvalue weighted by Crippen LogP contribution is -2.08. The predicted octanol–water partition coefficient (Wildman–Crippen LogP) is 1.47. The number of para-hydroxylation sites is 2. The van der Waals surface area contributed by atoms with Gasteiger partial charge in [0, 0.05) is 11.8 Å². The number of nitrogens with two attached hydrogens (primary N) is 1. The second-order valence-corrected chi connectivity index (χ2v) is 6.07. The van der Waals surface area contributed by atoms with E-state index in [2.05, 4.69) is 35.6 Å². The first-order valence-electron chi connectivity index (χ1n) is 9.12. The number of hydrogen-bond donors (Lipinski definition) is 3. The van der Waals surface area contributed by atoms with Crippen LogP contribution in [0.4, 0.5) is 5.82 Å². The van der Waals surface area contributed by atoms with E-state index in [1.54, 1.807) is 36.5 Å². The Hall–Kier alpha value is -4.32. The topological polar surface area (TPSA) is 167 Å². The summed E-state index contributed by atoms with van der Waals surface area (Å²) in [5.41, 5.74) is 7.29. The van der Waals surface area contributed by atoms with Crippen LogP contribution in [-0.2, 0) is 0 Å². The second-order valence-electron chi connectivity index (χ2n) is 6.07. The number of tetrazole rings is 1. The zero-order valence-corrected chi connectivity index (χ0v) is 16.4. The molecule has 12 nitrogen and oxygen atoms in total. The summed E-state index contributed by atoms with van der Waals surface area (Å²) in [5.74, 6) is 1.79. The predicted molar refractivity (Wildman–Crippen MR) is 108 cm³/mol. The molecule has 0 fully saturated rings. The number of nitrogen functional groups attached to an aromatic ring is 1. The quantitative estimate of drug-likeness (QED) is 0.376. The van der Waals surface area contributed by atoms with Crippen molar-refractivity contribution in [2.24, 2.45) is 0 Å². The number of pyridine rings is 1. The minimum absolute atomic E-state index is 0.0104. The third kappa shape index (κ3) is 4.33. The van der Waals surface area contributed by atoms with E-state index in [0.717, 1.165) is 0 Å². The average molecular weight is 422 g/mol. The monoisotopic (exact) mass is 422 g/mol. The SMILES string of the molecule is COc1ccccc1Oc1c(N)nc(-c2ccnc(-c3nnn[nH]3)c2)nc1OCCO. The summed E-state index contributed by atoms with van der Waals surface area (Å²) < 4.78 is 16.8. The van der Waals surface area contributed by atoms with E-state index in [4.69, 9.17) is 19.9 Å². The number of ether oxygens (including phenoxy) is 3. The number of aliphatic hydroxyl groups is 1. The molecule has 0 spiro atoms. The van der Waals surface area contributed by atoms with Crippen molar-refractivity contribution in [2.45, 2.75) is 0 Å². The highest BCUT2D eigenvalue weighted by atomic mass is 16.5. The number of rotatable bonds is 8. The number of hydrogen-bond acceptors (Lipinski definition) is 11. The second kappa shape index (κ2) is 9.00. The van der Waals surface area contributed by atoms with Gasteiger partial charge in [0.2, 0.25) is 5.75 Å². The molecule has 0 saturated carbocycles. The van der Waals surface area contributed by atoms with Crippen molar-refractivity contribution >= 4 is 5.82 Å². The Bertz CT molecular complexity index is 1170. The molecule has 0 saturated heterocycles. The Morgan fingerprint density at radius 3 is 2.71 bits per heavy atom. The number of methoxy groups -OCH3 is 1. The zero-order chi connectivity index (χ0) is 21.6. The number of aromatic nitrogens is 7. The van der Waals surface area contributed by atoms with E-state index in [1.165, 1.54) is 7.11 Å². The molecule has 3 heterocycles. The van der Waals surface area contributed by atoms with Gasteiger partial charge in [-0.3, -0.25) is 4.98 Å². The van der Waals surface area contributed by atoms with Crippen LogP contribution in [0.2, 0.25) is 0 Å². The van der Waals surface area contributed by atoms with Crippen molar-refractivity contribution in [1.82, 2.24) is 35.6 Å². The first-order valence-corrected chi connectivity index (χ1v) is 9.12. The van der Waals surface area contributed by atoms with Crippen molar-refractivity contribution in [2.75, 3.05) is 26.1 Å². The summed E-state index contributed by atoms with van der Waals surface area (Å²) >= 11 is 0. The third-order valence-corrected chi connectivity index (χ3v) is 4.08. The lowest BCUT2D eigenvalue weighted by atomic mass is 10.2. The summed E-state index contributed by atoms with van der Waals surface area (Å²) in [6, 6.07) is 10.5. The summed E-state index contributed by atoms with van der Waals surface area (Å²) in [6.07, 6.45) is 1.57. The molecule has 4 rings (SSSR count). The summed E-state index contributed by atoms with van der Waals surface area (Å²) in [6.45, 7) is -0.227. The van der Waals surface area contributed by atoms with Crippen molar-refractivity contribution in [3.05, 3.63) is 42.6 Å². The van der Waals surface area contributed by atoms with Gasteiger partial charge in [-0.25, -0.2) is 10.1 Å². The first kappa shape index (κ1) is 20.0. The van der Waals surface area contributed by atoms with Crippen LogP contribution in [0.3, 0.4) is 0 Å². The third-order valence-electron chi connectivity index (χ3n) is 4.08. The van der Waals surface area contributed by atoms with Crippen molar-refractivity contribution < 1.29 is 19.3 Å². The fourth-order valence-electron chi connectivity index (χ4n) is 2.69. The molecule has 0 amide bonds. The molecule has 0 atom stereocenters. The van der Waals surface area contributed by atoms with E-state index in [1.807, 2.05) is 6.07 Å². The highest BCUT2D eigenvalue weighted by Gasteiger charge is 2.19. The van der Waals surface area contributed by atoms with E-state index in [0.29, 0.717) is 28.6 Å². The van der Waals surface area contributed by atoms with Crippen LogP contribution >= 0.6 is 0 Å². The van der Waals surface area contributed by atoms with Crippen LogP contribution in [0.5, 0.6) is 23.1 Å².